The first-order valence-electron chi connectivity index (χ1n) is 6.01. The predicted molar refractivity (Wildman–Crippen MR) is 71.4 cm³/mol. The first-order valence-corrected chi connectivity index (χ1v) is 6.01. The number of nitrogens with one attached hydrogen (secondary N) is 2. The first kappa shape index (κ1) is 13.0. The summed E-state index contributed by atoms with van der Waals surface area (Å²) in [6.45, 7) is 4.58. The normalized spacial score (nSPS) is 10.3. The Labute approximate surface area is 111 Å². The zero-order valence-corrected chi connectivity index (χ0v) is 11.1. The number of carbonyl (C=O) groups is 1. The Morgan fingerprint density at radius 3 is 2.89 bits per heavy atom. The van der Waals surface area contributed by atoms with Crippen LogP contribution < -0.4 is 10.6 Å². The molecule has 19 heavy (non-hydrogen) atoms. The largest absolute Gasteiger partial charge is 0.370 e. The molecule has 2 rings (SSSR count). The van der Waals surface area contributed by atoms with Crippen LogP contribution in [0.4, 0.5) is 5.82 Å². The van der Waals surface area contributed by atoms with Gasteiger partial charge in [-0.3, -0.25) is 4.79 Å². The van der Waals surface area contributed by atoms with Gasteiger partial charge in [0.25, 0.3) is 5.91 Å². The molecular weight excluding hydrogens is 244 g/mol. The highest BCUT2D eigenvalue weighted by atomic mass is 16.1. The number of hydrogen-bond donors (Lipinski definition) is 2. The summed E-state index contributed by atoms with van der Waals surface area (Å²) >= 11 is 0. The predicted octanol–water partition coefficient (Wildman–Crippen LogP) is 0.762. The maximum absolute atomic E-state index is 11.5. The van der Waals surface area contributed by atoms with Crippen molar-refractivity contribution in [1.29, 1.82) is 0 Å². The van der Waals surface area contributed by atoms with Gasteiger partial charge in [0.1, 0.15) is 11.6 Å². The molecule has 0 aliphatic carbocycles. The Balaban J connectivity index is 2.35. The lowest BCUT2D eigenvalue weighted by atomic mass is 10.4. The molecular formula is C12H16N6O. The minimum Gasteiger partial charge on any atom is -0.370 e. The Morgan fingerprint density at radius 2 is 2.21 bits per heavy atom. The van der Waals surface area contributed by atoms with E-state index < -0.39 is 0 Å². The van der Waals surface area contributed by atoms with Crippen LogP contribution in [0.3, 0.4) is 0 Å². The first-order chi connectivity index (χ1) is 9.13. The average Bonchev–Trinajstić information content (AvgIpc) is 2.87. The van der Waals surface area contributed by atoms with Gasteiger partial charge < -0.3 is 10.6 Å². The Kier molecular flexibility index (Phi) is 3.74. The Bertz CT molecular complexity index is 592. The highest BCUT2D eigenvalue weighted by molar-refractivity contribution is 5.91. The molecule has 7 nitrogen and oxygen atoms in total. The molecule has 0 unspecified atom stereocenters. The molecule has 0 radical (unpaired) electrons. The van der Waals surface area contributed by atoms with Crippen molar-refractivity contribution in [2.24, 2.45) is 0 Å². The summed E-state index contributed by atoms with van der Waals surface area (Å²) < 4.78 is 1.56. The van der Waals surface area contributed by atoms with Gasteiger partial charge in [-0.05, 0) is 19.9 Å². The van der Waals surface area contributed by atoms with Crippen LogP contribution in [0.25, 0.3) is 5.82 Å². The maximum atomic E-state index is 11.5. The fourth-order valence-electron chi connectivity index (χ4n) is 1.64. The van der Waals surface area contributed by atoms with Crippen molar-refractivity contribution in [3.8, 4) is 5.82 Å². The molecule has 0 aliphatic heterocycles. The van der Waals surface area contributed by atoms with E-state index in [1.54, 1.807) is 30.1 Å². The van der Waals surface area contributed by atoms with Crippen molar-refractivity contribution in [2.75, 3.05) is 18.9 Å². The van der Waals surface area contributed by atoms with Crippen molar-refractivity contribution in [3.05, 3.63) is 29.8 Å². The number of aromatic nitrogens is 4. The quantitative estimate of drug-likeness (QED) is 0.848. The second-order valence-corrected chi connectivity index (χ2v) is 3.91. The van der Waals surface area contributed by atoms with Gasteiger partial charge in [0, 0.05) is 25.9 Å². The molecule has 0 saturated heterocycles. The zero-order valence-electron chi connectivity index (χ0n) is 11.1. The second kappa shape index (κ2) is 5.47. The van der Waals surface area contributed by atoms with Gasteiger partial charge in [0.05, 0.1) is 0 Å². The minimum atomic E-state index is -0.226. The van der Waals surface area contributed by atoms with Gasteiger partial charge in [-0.25, -0.2) is 14.6 Å². The van der Waals surface area contributed by atoms with Crippen LogP contribution in [-0.4, -0.2) is 39.2 Å². The molecule has 0 fully saturated rings. The number of amides is 1. The van der Waals surface area contributed by atoms with Crippen molar-refractivity contribution in [2.45, 2.75) is 13.8 Å². The molecule has 0 saturated carbocycles. The molecule has 0 bridgehead atoms. The molecule has 100 valence electrons. The number of hydrogen-bond acceptors (Lipinski definition) is 5. The van der Waals surface area contributed by atoms with Crippen LogP contribution in [0.5, 0.6) is 0 Å². The number of nitrogens with zero attached hydrogens (tertiary/aromatic N) is 4. The molecule has 2 N–H and O–H groups in total. The molecule has 7 heteroatoms. The number of anilines is 1. The van der Waals surface area contributed by atoms with Crippen LogP contribution in [0, 0.1) is 6.92 Å². The molecule has 0 spiro atoms. The molecule has 0 aromatic carbocycles. The van der Waals surface area contributed by atoms with E-state index >= 15 is 0 Å². The van der Waals surface area contributed by atoms with Crippen LogP contribution in [0.15, 0.2) is 18.3 Å². The summed E-state index contributed by atoms with van der Waals surface area (Å²) in [4.78, 5) is 20.0. The van der Waals surface area contributed by atoms with E-state index in [0.29, 0.717) is 17.3 Å². The topological polar surface area (TPSA) is 84.7 Å². The Morgan fingerprint density at radius 1 is 1.42 bits per heavy atom. The number of aryl methyl sites for hydroxylation is 1. The van der Waals surface area contributed by atoms with E-state index in [0.717, 1.165) is 12.4 Å². The fraction of sp³-hybridized carbons (Fsp3) is 0.333. The maximum Gasteiger partial charge on any atom is 0.271 e. The van der Waals surface area contributed by atoms with Crippen molar-refractivity contribution in [1.82, 2.24) is 25.1 Å². The van der Waals surface area contributed by atoms with Gasteiger partial charge >= 0.3 is 0 Å². The van der Waals surface area contributed by atoms with E-state index in [9.17, 15) is 4.79 Å². The van der Waals surface area contributed by atoms with Gasteiger partial charge in [-0.1, -0.05) is 0 Å². The third kappa shape index (κ3) is 2.87. The number of carbonyl (C=O) groups excluding carboxylic acids is 1. The summed E-state index contributed by atoms with van der Waals surface area (Å²) in [5.74, 6) is 1.78. The average molecular weight is 260 g/mol. The van der Waals surface area contributed by atoms with Crippen LogP contribution in [0.2, 0.25) is 0 Å². The summed E-state index contributed by atoms with van der Waals surface area (Å²) in [5, 5.41) is 9.84. The van der Waals surface area contributed by atoms with Gasteiger partial charge in [-0.2, -0.15) is 5.10 Å². The monoisotopic (exact) mass is 260 g/mol. The molecule has 0 aliphatic rings. The lowest BCUT2D eigenvalue weighted by Gasteiger charge is -2.06. The van der Waals surface area contributed by atoms with Crippen molar-refractivity contribution < 1.29 is 4.79 Å². The van der Waals surface area contributed by atoms with Gasteiger partial charge in [0.15, 0.2) is 11.5 Å². The Hall–Kier alpha value is -2.44. The summed E-state index contributed by atoms with van der Waals surface area (Å²) in [7, 11) is 1.57. The molecule has 1 amide bonds. The third-order valence-corrected chi connectivity index (χ3v) is 2.47. The smallest absolute Gasteiger partial charge is 0.271 e. The zero-order chi connectivity index (χ0) is 13.8. The third-order valence-electron chi connectivity index (χ3n) is 2.47. The van der Waals surface area contributed by atoms with Crippen molar-refractivity contribution in [3.63, 3.8) is 0 Å². The van der Waals surface area contributed by atoms with E-state index in [-0.39, 0.29) is 5.91 Å². The van der Waals surface area contributed by atoms with E-state index in [1.807, 2.05) is 13.8 Å². The molecule has 2 aromatic rings. The summed E-state index contributed by atoms with van der Waals surface area (Å²) in [6.07, 6.45) is 1.70. The van der Waals surface area contributed by atoms with Gasteiger partial charge in [0.2, 0.25) is 0 Å². The van der Waals surface area contributed by atoms with E-state index in [4.69, 9.17) is 0 Å². The fourth-order valence-corrected chi connectivity index (χ4v) is 1.64. The standard InChI is InChI=1S/C12H16N6O/c1-4-14-10-7-11(16-8(2)15-10)18-6-5-9(17-18)12(19)13-3/h5-7H,4H2,1-3H3,(H,13,19)(H,14,15,16). The van der Waals surface area contributed by atoms with Crippen molar-refractivity contribution >= 4 is 11.7 Å². The van der Waals surface area contributed by atoms with Crippen LogP contribution in [-0.2, 0) is 0 Å². The van der Waals surface area contributed by atoms with E-state index in [2.05, 4.69) is 25.7 Å². The van der Waals surface area contributed by atoms with Crippen LogP contribution in [0.1, 0.15) is 23.2 Å². The summed E-state index contributed by atoms with van der Waals surface area (Å²) in [6, 6.07) is 3.43. The van der Waals surface area contributed by atoms with Gasteiger partial charge in [-0.15, -0.1) is 0 Å². The second-order valence-electron chi connectivity index (χ2n) is 3.91. The molecule has 0 atom stereocenters. The van der Waals surface area contributed by atoms with E-state index in [1.165, 1.54) is 0 Å². The molecule has 2 heterocycles. The lowest BCUT2D eigenvalue weighted by Crippen LogP contribution is -2.18. The molecule has 2 aromatic heterocycles. The lowest BCUT2D eigenvalue weighted by molar-refractivity contribution is 0.0957. The SMILES string of the molecule is CCNc1cc(-n2ccc(C(=O)NC)n2)nc(C)n1. The number of rotatable bonds is 4. The summed E-state index contributed by atoms with van der Waals surface area (Å²) in [5.41, 5.74) is 0.351. The minimum absolute atomic E-state index is 0.226. The highest BCUT2D eigenvalue weighted by Gasteiger charge is 2.09. The highest BCUT2D eigenvalue weighted by Crippen LogP contribution is 2.10. The van der Waals surface area contributed by atoms with Crippen LogP contribution >= 0.6 is 0 Å².